The molecule has 90 valence electrons. The number of fused-ring (bicyclic) bond motifs is 1. The number of hydrogen-bond donors (Lipinski definition) is 1. The fourth-order valence-electron chi connectivity index (χ4n) is 2.15. The van der Waals surface area contributed by atoms with Gasteiger partial charge in [-0.2, -0.15) is 0 Å². The lowest BCUT2D eigenvalue weighted by Crippen LogP contribution is -2.19. The van der Waals surface area contributed by atoms with Crippen molar-refractivity contribution in [2.75, 3.05) is 0 Å². The highest BCUT2D eigenvalue weighted by atomic mass is 16.5. The number of H-pyrrole nitrogens is 1. The Morgan fingerprint density at radius 3 is 2.81 bits per heavy atom. The highest BCUT2D eigenvalue weighted by Crippen LogP contribution is 2.29. The van der Waals surface area contributed by atoms with Crippen molar-refractivity contribution in [3.8, 4) is 0 Å². The molecule has 1 atom stereocenters. The van der Waals surface area contributed by atoms with Crippen LogP contribution in [0.25, 0.3) is 0 Å². The first kappa shape index (κ1) is 11.6. The quantitative estimate of drug-likeness (QED) is 0.834. The summed E-state index contributed by atoms with van der Waals surface area (Å²) in [5, 5.41) is 0. The van der Waals surface area contributed by atoms with Gasteiger partial charge in [0, 0.05) is 11.6 Å². The van der Waals surface area contributed by atoms with E-state index in [0.717, 1.165) is 12.2 Å². The van der Waals surface area contributed by atoms with Crippen molar-refractivity contribution in [1.29, 1.82) is 0 Å². The van der Waals surface area contributed by atoms with E-state index in [9.17, 15) is 0 Å². The second-order valence-corrected chi connectivity index (χ2v) is 5.74. The fraction of sp³-hybridized carbons (Fsp3) is 0.769. The Kier molecular flexibility index (Phi) is 3.06. The van der Waals surface area contributed by atoms with E-state index in [-0.39, 0.29) is 5.60 Å². The first-order valence-electron chi connectivity index (χ1n) is 6.17. The number of nitrogens with one attached hydrogen (secondary N) is 1. The van der Waals surface area contributed by atoms with Crippen molar-refractivity contribution in [1.82, 2.24) is 9.97 Å². The minimum absolute atomic E-state index is 0.0983. The van der Waals surface area contributed by atoms with Gasteiger partial charge in [0.15, 0.2) is 0 Å². The van der Waals surface area contributed by atoms with E-state index >= 15 is 0 Å². The van der Waals surface area contributed by atoms with E-state index in [2.05, 4.69) is 37.7 Å². The summed E-state index contributed by atoms with van der Waals surface area (Å²) in [6.07, 6.45) is 3.68. The predicted molar refractivity (Wildman–Crippen MR) is 64.5 cm³/mol. The van der Waals surface area contributed by atoms with Crippen LogP contribution >= 0.6 is 0 Å². The number of ether oxygens (including phenoxy) is 1. The standard InChI is InChI=1S/C13H22N2O/c1-9-6-5-7-10-12(9)15-11(14-10)8-16-13(2,3)4/h9H,5-8H2,1-4H3,(H,14,15). The zero-order valence-corrected chi connectivity index (χ0v) is 10.8. The van der Waals surface area contributed by atoms with Gasteiger partial charge in [-0.05, 0) is 40.0 Å². The van der Waals surface area contributed by atoms with Crippen molar-refractivity contribution < 1.29 is 4.74 Å². The molecular formula is C13H22N2O. The molecule has 0 bridgehead atoms. The summed E-state index contributed by atoms with van der Waals surface area (Å²) in [5.74, 6) is 1.58. The van der Waals surface area contributed by atoms with E-state index in [4.69, 9.17) is 4.74 Å². The highest BCUT2D eigenvalue weighted by molar-refractivity contribution is 5.21. The van der Waals surface area contributed by atoms with Gasteiger partial charge in [-0.25, -0.2) is 4.98 Å². The molecule has 0 fully saturated rings. The molecule has 0 saturated carbocycles. The molecule has 0 aromatic carbocycles. The summed E-state index contributed by atoms with van der Waals surface area (Å²) in [6.45, 7) is 9.05. The number of aromatic nitrogens is 2. The molecule has 0 radical (unpaired) electrons. The number of imidazole rings is 1. The Morgan fingerprint density at radius 1 is 1.44 bits per heavy atom. The normalized spacial score (nSPS) is 20.9. The zero-order chi connectivity index (χ0) is 11.8. The van der Waals surface area contributed by atoms with Crippen LogP contribution in [0.3, 0.4) is 0 Å². The molecule has 1 aromatic rings. The van der Waals surface area contributed by atoms with Crippen LogP contribution in [0, 0.1) is 0 Å². The topological polar surface area (TPSA) is 37.9 Å². The average molecular weight is 222 g/mol. The van der Waals surface area contributed by atoms with Gasteiger partial charge in [-0.15, -0.1) is 0 Å². The van der Waals surface area contributed by atoms with Gasteiger partial charge in [0.2, 0.25) is 0 Å². The van der Waals surface area contributed by atoms with E-state index < -0.39 is 0 Å². The largest absolute Gasteiger partial charge is 0.368 e. The lowest BCUT2D eigenvalue weighted by molar-refractivity contribution is -0.0179. The smallest absolute Gasteiger partial charge is 0.132 e. The molecule has 1 aliphatic carbocycles. The van der Waals surface area contributed by atoms with Crippen LogP contribution in [0.5, 0.6) is 0 Å². The molecule has 1 N–H and O–H groups in total. The van der Waals surface area contributed by atoms with Crippen molar-refractivity contribution in [2.24, 2.45) is 0 Å². The number of aryl methyl sites for hydroxylation is 1. The molecular weight excluding hydrogens is 200 g/mol. The average Bonchev–Trinajstić information content (AvgIpc) is 2.58. The molecule has 3 heteroatoms. The van der Waals surface area contributed by atoms with Crippen molar-refractivity contribution in [3.63, 3.8) is 0 Å². The molecule has 3 nitrogen and oxygen atoms in total. The van der Waals surface area contributed by atoms with E-state index in [0.29, 0.717) is 12.5 Å². The number of nitrogens with zero attached hydrogens (tertiary/aromatic N) is 1. The number of aromatic amines is 1. The van der Waals surface area contributed by atoms with Crippen LogP contribution < -0.4 is 0 Å². The van der Waals surface area contributed by atoms with Crippen molar-refractivity contribution in [3.05, 3.63) is 17.2 Å². The molecule has 0 amide bonds. The summed E-state index contributed by atoms with van der Waals surface area (Å²) in [6, 6.07) is 0. The Morgan fingerprint density at radius 2 is 2.19 bits per heavy atom. The fourth-order valence-corrected chi connectivity index (χ4v) is 2.15. The third-order valence-corrected chi connectivity index (χ3v) is 3.03. The van der Waals surface area contributed by atoms with Crippen LogP contribution in [-0.2, 0) is 17.8 Å². The first-order valence-corrected chi connectivity index (χ1v) is 6.17. The molecule has 1 aromatic heterocycles. The van der Waals surface area contributed by atoms with Crippen LogP contribution in [0.4, 0.5) is 0 Å². The van der Waals surface area contributed by atoms with E-state index in [1.54, 1.807) is 0 Å². The van der Waals surface area contributed by atoms with Gasteiger partial charge >= 0.3 is 0 Å². The van der Waals surface area contributed by atoms with Gasteiger partial charge in [0.25, 0.3) is 0 Å². The molecule has 0 spiro atoms. The second kappa shape index (κ2) is 4.21. The Balaban J connectivity index is 2.07. The van der Waals surface area contributed by atoms with Gasteiger partial charge in [-0.3, -0.25) is 0 Å². The molecule has 1 heterocycles. The number of rotatable bonds is 2. The van der Waals surface area contributed by atoms with Crippen LogP contribution in [0.15, 0.2) is 0 Å². The van der Waals surface area contributed by atoms with Gasteiger partial charge in [-0.1, -0.05) is 6.92 Å². The monoisotopic (exact) mass is 222 g/mol. The molecule has 0 saturated heterocycles. The SMILES string of the molecule is CC1CCCc2[nH]c(COC(C)(C)C)nc21. The summed E-state index contributed by atoms with van der Waals surface area (Å²) in [7, 11) is 0. The van der Waals surface area contributed by atoms with E-state index in [1.165, 1.54) is 24.2 Å². The molecule has 1 aliphatic rings. The maximum Gasteiger partial charge on any atom is 0.132 e. The van der Waals surface area contributed by atoms with Crippen LogP contribution in [0.1, 0.15) is 63.7 Å². The van der Waals surface area contributed by atoms with E-state index in [1.807, 2.05) is 0 Å². The first-order chi connectivity index (χ1) is 7.46. The number of hydrogen-bond acceptors (Lipinski definition) is 2. The maximum atomic E-state index is 5.73. The lowest BCUT2D eigenvalue weighted by Gasteiger charge is -2.18. The zero-order valence-electron chi connectivity index (χ0n) is 10.8. The van der Waals surface area contributed by atoms with Crippen molar-refractivity contribution in [2.45, 2.75) is 65.1 Å². The minimum atomic E-state index is -0.0983. The minimum Gasteiger partial charge on any atom is -0.368 e. The Labute approximate surface area is 97.6 Å². The van der Waals surface area contributed by atoms with Gasteiger partial charge in [0.05, 0.1) is 11.3 Å². The summed E-state index contributed by atoms with van der Waals surface area (Å²) >= 11 is 0. The van der Waals surface area contributed by atoms with Gasteiger partial charge in [0.1, 0.15) is 12.4 Å². The maximum absolute atomic E-state index is 5.73. The second-order valence-electron chi connectivity index (χ2n) is 5.74. The van der Waals surface area contributed by atoms with Gasteiger partial charge < -0.3 is 9.72 Å². The molecule has 16 heavy (non-hydrogen) atoms. The molecule has 1 unspecified atom stereocenters. The van der Waals surface area contributed by atoms with Crippen LogP contribution in [-0.4, -0.2) is 15.6 Å². The predicted octanol–water partition coefficient (Wildman–Crippen LogP) is 3.16. The Hall–Kier alpha value is -0.830. The van der Waals surface area contributed by atoms with Crippen LogP contribution in [0.2, 0.25) is 0 Å². The summed E-state index contributed by atoms with van der Waals surface area (Å²) < 4.78 is 5.73. The third kappa shape index (κ3) is 2.64. The molecule has 2 rings (SSSR count). The molecule has 0 aliphatic heterocycles. The third-order valence-electron chi connectivity index (χ3n) is 3.03. The highest BCUT2D eigenvalue weighted by Gasteiger charge is 2.21. The Bertz CT molecular complexity index is 362. The summed E-state index contributed by atoms with van der Waals surface area (Å²) in [5.41, 5.74) is 2.49. The van der Waals surface area contributed by atoms with Crippen molar-refractivity contribution >= 4 is 0 Å². The lowest BCUT2D eigenvalue weighted by atomic mass is 9.92. The summed E-state index contributed by atoms with van der Waals surface area (Å²) in [4.78, 5) is 8.05.